The van der Waals surface area contributed by atoms with Gasteiger partial charge in [0.25, 0.3) is 5.91 Å². The third-order valence-electron chi connectivity index (χ3n) is 3.02. The number of amides is 1. The Bertz CT molecular complexity index is 739. The molecule has 0 aliphatic carbocycles. The molecule has 2 aromatic rings. The van der Waals surface area contributed by atoms with Crippen LogP contribution >= 0.6 is 0 Å². The van der Waals surface area contributed by atoms with Crippen LogP contribution in [0.5, 0.6) is 0 Å². The number of carbonyl (C=O) groups excluding carboxylic acids is 1. The number of anilines is 1. The highest BCUT2D eigenvalue weighted by molar-refractivity contribution is 5.96. The number of carbonyl (C=O) groups is 1. The molecule has 0 radical (unpaired) electrons. The van der Waals surface area contributed by atoms with Crippen molar-refractivity contribution in [1.29, 1.82) is 0 Å². The van der Waals surface area contributed by atoms with Crippen molar-refractivity contribution in [1.82, 2.24) is 5.43 Å². The zero-order valence-electron chi connectivity index (χ0n) is 11.8. The zero-order valence-corrected chi connectivity index (χ0v) is 11.8. The second kappa shape index (κ2) is 6.42. The normalized spacial score (nSPS) is 11.9. The van der Waals surface area contributed by atoms with Crippen LogP contribution in [0.3, 0.4) is 0 Å². The summed E-state index contributed by atoms with van der Waals surface area (Å²) in [4.78, 5) is 11.9. The topological polar surface area (TPSA) is 41.1 Å². The maximum Gasteiger partial charge on any atom is 0.418 e. The molecule has 0 atom stereocenters. The third kappa shape index (κ3) is 3.98. The molecule has 0 aliphatic rings. The van der Waals surface area contributed by atoms with Crippen molar-refractivity contribution < 1.29 is 31.1 Å². The van der Waals surface area contributed by atoms with Gasteiger partial charge in [-0.3, -0.25) is 15.6 Å². The minimum atomic E-state index is -4.77. The predicted octanol–water partition coefficient (Wildman–Crippen LogP) is 4.48. The van der Waals surface area contributed by atoms with Crippen LogP contribution in [-0.2, 0) is 12.4 Å². The fourth-order valence-corrected chi connectivity index (χ4v) is 1.96. The van der Waals surface area contributed by atoms with Crippen molar-refractivity contribution in [3.05, 3.63) is 65.2 Å². The van der Waals surface area contributed by atoms with E-state index in [2.05, 4.69) is 0 Å². The molecule has 0 spiro atoms. The number of hydrogen-bond donors (Lipinski definition) is 2. The summed E-state index contributed by atoms with van der Waals surface area (Å²) in [7, 11) is 0. The number of nitrogens with one attached hydrogen (secondary N) is 2. The lowest BCUT2D eigenvalue weighted by Crippen LogP contribution is -2.32. The third-order valence-corrected chi connectivity index (χ3v) is 3.02. The highest BCUT2D eigenvalue weighted by atomic mass is 19.4. The van der Waals surface area contributed by atoms with Crippen molar-refractivity contribution in [3.8, 4) is 0 Å². The number of hydrazine groups is 1. The van der Waals surface area contributed by atoms with Gasteiger partial charge in [0.05, 0.1) is 22.4 Å². The monoisotopic (exact) mass is 348 g/mol. The molecule has 0 aromatic heterocycles. The van der Waals surface area contributed by atoms with Crippen LogP contribution in [0.25, 0.3) is 0 Å². The Labute approximate surface area is 132 Å². The first-order valence-corrected chi connectivity index (χ1v) is 6.49. The quantitative estimate of drug-likeness (QED) is 0.634. The van der Waals surface area contributed by atoms with Gasteiger partial charge in [-0.05, 0) is 24.3 Å². The highest BCUT2D eigenvalue weighted by Crippen LogP contribution is 2.34. The Morgan fingerprint density at radius 3 is 1.83 bits per heavy atom. The van der Waals surface area contributed by atoms with E-state index in [0.717, 1.165) is 30.3 Å². The first-order valence-electron chi connectivity index (χ1n) is 6.49. The maximum absolute atomic E-state index is 12.8. The number of hydrogen-bond acceptors (Lipinski definition) is 2. The van der Waals surface area contributed by atoms with E-state index < -0.39 is 40.6 Å². The van der Waals surface area contributed by atoms with Crippen LogP contribution in [0.1, 0.15) is 21.5 Å². The van der Waals surface area contributed by atoms with Crippen LogP contribution < -0.4 is 10.9 Å². The van der Waals surface area contributed by atoms with E-state index in [4.69, 9.17) is 0 Å². The molecule has 3 nitrogen and oxygen atoms in total. The average molecular weight is 348 g/mol. The Hall–Kier alpha value is -2.71. The summed E-state index contributed by atoms with van der Waals surface area (Å²) >= 11 is 0. The van der Waals surface area contributed by atoms with Gasteiger partial charge in [-0.1, -0.05) is 24.3 Å². The van der Waals surface area contributed by atoms with Gasteiger partial charge in [0.15, 0.2) is 0 Å². The average Bonchev–Trinajstić information content (AvgIpc) is 2.51. The van der Waals surface area contributed by atoms with Gasteiger partial charge >= 0.3 is 12.4 Å². The molecule has 0 saturated carbocycles. The maximum atomic E-state index is 12.8. The fourth-order valence-electron chi connectivity index (χ4n) is 1.96. The summed E-state index contributed by atoms with van der Waals surface area (Å²) in [6.45, 7) is 0. The predicted molar refractivity (Wildman–Crippen MR) is 74.0 cm³/mol. The highest BCUT2D eigenvalue weighted by Gasteiger charge is 2.35. The molecule has 0 bridgehead atoms. The van der Waals surface area contributed by atoms with Gasteiger partial charge in [0.2, 0.25) is 0 Å². The Balaban J connectivity index is 2.22. The van der Waals surface area contributed by atoms with Crippen molar-refractivity contribution in [2.24, 2.45) is 0 Å². The fraction of sp³-hybridized carbons (Fsp3) is 0.133. The summed E-state index contributed by atoms with van der Waals surface area (Å²) in [5, 5.41) is 0. The van der Waals surface area contributed by atoms with Crippen molar-refractivity contribution in [2.45, 2.75) is 12.4 Å². The SMILES string of the molecule is O=C(NNc1ccccc1C(F)(F)F)c1ccccc1C(F)(F)F. The summed E-state index contributed by atoms with van der Waals surface area (Å²) in [6, 6.07) is 8.20. The van der Waals surface area contributed by atoms with E-state index in [1.165, 1.54) is 12.1 Å². The van der Waals surface area contributed by atoms with Gasteiger partial charge in [-0.15, -0.1) is 0 Å². The second-order valence-corrected chi connectivity index (χ2v) is 4.67. The Morgan fingerprint density at radius 1 is 0.750 bits per heavy atom. The summed E-state index contributed by atoms with van der Waals surface area (Å²) in [6.07, 6.45) is -9.45. The lowest BCUT2D eigenvalue weighted by molar-refractivity contribution is -0.138. The molecule has 128 valence electrons. The molecule has 2 N–H and O–H groups in total. The van der Waals surface area contributed by atoms with Gasteiger partial charge in [-0.2, -0.15) is 26.3 Å². The number of rotatable bonds is 3. The van der Waals surface area contributed by atoms with E-state index in [0.29, 0.717) is 6.07 Å². The van der Waals surface area contributed by atoms with Crippen LogP contribution in [0.2, 0.25) is 0 Å². The molecule has 1 amide bonds. The van der Waals surface area contributed by atoms with Gasteiger partial charge < -0.3 is 0 Å². The van der Waals surface area contributed by atoms with Crippen LogP contribution in [0.4, 0.5) is 32.0 Å². The minimum absolute atomic E-state index is 0.483. The standard InChI is InChI=1S/C15H10F6N2O/c16-14(17,18)10-6-2-1-5-9(10)13(24)23-22-12-8-4-3-7-11(12)15(19,20)21/h1-8,22H,(H,23,24). The van der Waals surface area contributed by atoms with E-state index in [1.54, 1.807) is 0 Å². The largest absolute Gasteiger partial charge is 0.418 e. The van der Waals surface area contributed by atoms with Gasteiger partial charge in [-0.25, -0.2) is 0 Å². The first-order chi connectivity index (χ1) is 11.1. The van der Waals surface area contributed by atoms with Gasteiger partial charge in [0, 0.05) is 0 Å². The van der Waals surface area contributed by atoms with Gasteiger partial charge in [0.1, 0.15) is 0 Å². The number of alkyl halides is 6. The van der Waals surface area contributed by atoms with E-state index >= 15 is 0 Å². The molecule has 24 heavy (non-hydrogen) atoms. The minimum Gasteiger partial charge on any atom is -0.298 e. The lowest BCUT2D eigenvalue weighted by atomic mass is 10.1. The van der Waals surface area contributed by atoms with Crippen molar-refractivity contribution in [2.75, 3.05) is 5.43 Å². The van der Waals surface area contributed by atoms with Crippen LogP contribution in [0.15, 0.2) is 48.5 Å². The molecule has 0 saturated heterocycles. The summed E-state index contributed by atoms with van der Waals surface area (Å²) in [5.74, 6) is -1.21. The molecule has 2 rings (SSSR count). The van der Waals surface area contributed by atoms with E-state index in [1.807, 2.05) is 10.9 Å². The van der Waals surface area contributed by atoms with Crippen LogP contribution in [-0.4, -0.2) is 5.91 Å². The summed E-state index contributed by atoms with van der Waals surface area (Å²) in [5.41, 5.74) is 0.424. The molecule has 2 aromatic carbocycles. The number of halogens is 6. The number of para-hydroxylation sites is 1. The Kier molecular flexibility index (Phi) is 4.72. The molecule has 0 unspecified atom stereocenters. The summed E-state index contributed by atoms with van der Waals surface area (Å²) < 4.78 is 77.0. The Morgan fingerprint density at radius 2 is 1.25 bits per heavy atom. The molecular weight excluding hydrogens is 338 g/mol. The molecule has 0 fully saturated rings. The molecule has 0 aliphatic heterocycles. The first kappa shape index (κ1) is 17.6. The number of benzene rings is 2. The smallest absolute Gasteiger partial charge is 0.298 e. The van der Waals surface area contributed by atoms with Crippen LogP contribution in [0, 0.1) is 0 Å². The van der Waals surface area contributed by atoms with Crippen molar-refractivity contribution in [3.63, 3.8) is 0 Å². The second-order valence-electron chi connectivity index (χ2n) is 4.67. The molecule has 9 heteroatoms. The van der Waals surface area contributed by atoms with E-state index in [9.17, 15) is 31.1 Å². The van der Waals surface area contributed by atoms with E-state index in [-0.39, 0.29) is 0 Å². The molecular formula is C15H10F6N2O. The zero-order chi connectivity index (χ0) is 18.0. The molecule has 0 heterocycles. The lowest BCUT2D eigenvalue weighted by Gasteiger charge is -2.16. The van der Waals surface area contributed by atoms with Crippen molar-refractivity contribution >= 4 is 11.6 Å².